The number of hydrogen-bond acceptors (Lipinski definition) is 3. The van der Waals surface area contributed by atoms with Crippen LogP contribution in [0.15, 0.2) is 0 Å². The summed E-state index contributed by atoms with van der Waals surface area (Å²) in [7, 11) is 0. The quantitative estimate of drug-likeness (QED) is 0.413. The molecule has 0 aromatic rings. The molecule has 0 heterocycles. The van der Waals surface area contributed by atoms with Gasteiger partial charge in [0.2, 0.25) is 5.91 Å². The maximum atomic E-state index is 13.0. The van der Waals surface area contributed by atoms with Gasteiger partial charge in [-0.1, -0.05) is 55.4 Å². The van der Waals surface area contributed by atoms with Crippen LogP contribution in [0.2, 0.25) is 0 Å². The monoisotopic (exact) mass is 413 g/mol. The molecule has 1 N–H and O–H groups in total. The first-order valence-electron chi connectivity index (χ1n) is 11.3. The van der Waals surface area contributed by atoms with Gasteiger partial charge in [0.05, 0.1) is 23.3 Å². The highest BCUT2D eigenvalue weighted by Gasteiger charge is 2.41. The van der Waals surface area contributed by atoms with Crippen LogP contribution in [0.25, 0.3) is 0 Å². The molecule has 1 amide bonds. The molecule has 0 aromatic carbocycles. The minimum Gasteiger partial charge on any atom is -0.375 e. The van der Waals surface area contributed by atoms with E-state index in [1.807, 2.05) is 27.7 Å². The van der Waals surface area contributed by atoms with Gasteiger partial charge in [0.25, 0.3) is 0 Å². The zero-order valence-electron chi connectivity index (χ0n) is 22.0. The zero-order chi connectivity index (χ0) is 23.5. The van der Waals surface area contributed by atoms with E-state index in [1.54, 1.807) is 0 Å². The Kier molecular flexibility index (Phi) is 9.48. The molecule has 29 heavy (non-hydrogen) atoms. The molecule has 0 spiro atoms. The molecule has 0 rings (SSSR count). The van der Waals surface area contributed by atoms with Gasteiger partial charge >= 0.3 is 0 Å². The first-order valence-corrected chi connectivity index (χ1v) is 11.3. The molecule has 0 radical (unpaired) electrons. The van der Waals surface area contributed by atoms with E-state index in [-0.39, 0.29) is 22.5 Å². The maximum Gasteiger partial charge on any atom is 0.226 e. The average Bonchev–Trinajstić information content (AvgIpc) is 2.51. The summed E-state index contributed by atoms with van der Waals surface area (Å²) in [4.78, 5) is 13.0. The van der Waals surface area contributed by atoms with Crippen LogP contribution in [0.4, 0.5) is 0 Å². The molecule has 0 fully saturated rings. The van der Waals surface area contributed by atoms with Crippen LogP contribution in [0, 0.1) is 22.7 Å². The fourth-order valence-corrected chi connectivity index (χ4v) is 2.60. The maximum absolute atomic E-state index is 13.0. The van der Waals surface area contributed by atoms with E-state index in [9.17, 15) is 4.79 Å². The molecule has 0 saturated carbocycles. The fraction of sp³-hybridized carbons (Fsp3) is 0.960. The predicted molar refractivity (Wildman–Crippen MR) is 124 cm³/mol. The number of ether oxygens (including phenoxy) is 2. The van der Waals surface area contributed by atoms with Gasteiger partial charge < -0.3 is 14.8 Å². The van der Waals surface area contributed by atoms with E-state index >= 15 is 0 Å². The molecule has 4 heteroatoms. The summed E-state index contributed by atoms with van der Waals surface area (Å²) in [5.74, 6) is 0.948. The number of carbonyl (C=O) groups is 1. The number of nitrogens with one attached hydrogen (secondary N) is 1. The van der Waals surface area contributed by atoms with Crippen LogP contribution in [0.1, 0.15) is 103 Å². The van der Waals surface area contributed by atoms with E-state index in [0.717, 1.165) is 0 Å². The topological polar surface area (TPSA) is 47.6 Å². The van der Waals surface area contributed by atoms with E-state index in [4.69, 9.17) is 9.47 Å². The fourth-order valence-electron chi connectivity index (χ4n) is 2.60. The molecule has 0 unspecified atom stereocenters. The molecule has 174 valence electrons. The molecule has 0 aromatic heterocycles. The van der Waals surface area contributed by atoms with Gasteiger partial charge in [0, 0.05) is 12.0 Å². The minimum atomic E-state index is -0.511. The van der Waals surface area contributed by atoms with Gasteiger partial charge in [-0.3, -0.25) is 4.79 Å². The molecule has 0 saturated heterocycles. The Balaban J connectivity index is 4.84. The van der Waals surface area contributed by atoms with Gasteiger partial charge in [-0.05, 0) is 65.2 Å². The second-order valence-electron chi connectivity index (χ2n) is 12.3. The Hall–Kier alpha value is -0.610. The largest absolute Gasteiger partial charge is 0.375 e. The average molecular weight is 414 g/mol. The first kappa shape index (κ1) is 28.4. The molecular formula is C25H51NO3. The van der Waals surface area contributed by atoms with Crippen molar-refractivity contribution in [3.8, 4) is 0 Å². The van der Waals surface area contributed by atoms with Crippen LogP contribution in [-0.4, -0.2) is 35.9 Å². The summed E-state index contributed by atoms with van der Waals surface area (Å²) >= 11 is 0. The standard InChI is InChI=1S/C25H51NO3/c1-18(2)23(9,10)25(13,14)28-16-15-21(5,6)20(27)26-22(7,8)17-29-24(11,12)19(3)4/h18-19H,15-17H2,1-14H3,(H,26,27). The van der Waals surface area contributed by atoms with E-state index in [1.165, 1.54) is 0 Å². The zero-order valence-corrected chi connectivity index (χ0v) is 22.0. The van der Waals surface area contributed by atoms with Crippen molar-refractivity contribution in [3.05, 3.63) is 0 Å². The normalized spacial score (nSPS) is 14.6. The SMILES string of the molecule is CC(C)C(C)(C)OCC(C)(C)NC(=O)C(C)(C)CCOC(C)(C)C(C)(C)C(C)C. The third-order valence-electron chi connectivity index (χ3n) is 7.45. The number of rotatable bonds is 12. The van der Waals surface area contributed by atoms with Crippen molar-refractivity contribution in [2.75, 3.05) is 13.2 Å². The van der Waals surface area contributed by atoms with Crippen LogP contribution in [-0.2, 0) is 14.3 Å². The smallest absolute Gasteiger partial charge is 0.226 e. The van der Waals surface area contributed by atoms with E-state index < -0.39 is 11.0 Å². The first-order chi connectivity index (χ1) is 12.7. The summed E-state index contributed by atoms with van der Waals surface area (Å²) in [5, 5.41) is 3.18. The van der Waals surface area contributed by atoms with Crippen molar-refractivity contribution in [1.82, 2.24) is 5.32 Å². The van der Waals surface area contributed by atoms with Crippen LogP contribution < -0.4 is 5.32 Å². The van der Waals surface area contributed by atoms with Crippen LogP contribution >= 0.6 is 0 Å². The summed E-state index contributed by atoms with van der Waals surface area (Å²) in [6.07, 6.45) is 0.671. The third-order valence-corrected chi connectivity index (χ3v) is 7.45. The Morgan fingerprint density at radius 2 is 1.28 bits per heavy atom. The summed E-state index contributed by atoms with van der Waals surface area (Å²) in [6, 6.07) is 0. The number of hydrogen-bond donors (Lipinski definition) is 1. The lowest BCUT2D eigenvalue weighted by Gasteiger charge is -2.45. The van der Waals surface area contributed by atoms with Gasteiger partial charge in [-0.25, -0.2) is 0 Å². The Labute approximate surface area is 181 Å². The lowest BCUT2D eigenvalue weighted by atomic mass is 9.69. The predicted octanol–water partition coefficient (Wildman–Crippen LogP) is 6.23. The lowest BCUT2D eigenvalue weighted by Crippen LogP contribution is -2.53. The van der Waals surface area contributed by atoms with Crippen molar-refractivity contribution in [2.24, 2.45) is 22.7 Å². The van der Waals surface area contributed by atoms with Crippen LogP contribution in [0.3, 0.4) is 0 Å². The minimum absolute atomic E-state index is 0.0398. The van der Waals surface area contributed by atoms with Crippen LogP contribution in [0.5, 0.6) is 0 Å². The molecular weight excluding hydrogens is 362 g/mol. The Bertz CT molecular complexity index is 528. The van der Waals surface area contributed by atoms with E-state index in [2.05, 4.69) is 74.6 Å². The van der Waals surface area contributed by atoms with Crippen molar-refractivity contribution >= 4 is 5.91 Å². The van der Waals surface area contributed by atoms with Crippen molar-refractivity contribution in [3.63, 3.8) is 0 Å². The highest BCUT2D eigenvalue weighted by molar-refractivity contribution is 5.82. The highest BCUT2D eigenvalue weighted by Crippen LogP contribution is 2.40. The van der Waals surface area contributed by atoms with Crippen molar-refractivity contribution in [2.45, 2.75) is 120 Å². The molecule has 4 nitrogen and oxygen atoms in total. The third kappa shape index (κ3) is 8.20. The summed E-state index contributed by atoms with van der Waals surface area (Å²) in [6.45, 7) is 30.8. The second-order valence-corrected chi connectivity index (χ2v) is 12.3. The highest BCUT2D eigenvalue weighted by atomic mass is 16.5. The summed E-state index contributed by atoms with van der Waals surface area (Å²) < 4.78 is 12.4. The van der Waals surface area contributed by atoms with Crippen molar-refractivity contribution < 1.29 is 14.3 Å². The molecule has 0 aliphatic rings. The van der Waals surface area contributed by atoms with Gasteiger partial charge in [0.15, 0.2) is 0 Å². The molecule has 0 atom stereocenters. The second kappa shape index (κ2) is 9.68. The Morgan fingerprint density at radius 1 is 0.793 bits per heavy atom. The molecule has 0 aliphatic carbocycles. The lowest BCUT2D eigenvalue weighted by molar-refractivity contribution is -0.140. The Morgan fingerprint density at radius 3 is 1.69 bits per heavy atom. The van der Waals surface area contributed by atoms with Gasteiger partial charge in [-0.2, -0.15) is 0 Å². The van der Waals surface area contributed by atoms with Gasteiger partial charge in [0.1, 0.15) is 0 Å². The van der Waals surface area contributed by atoms with Gasteiger partial charge in [-0.15, -0.1) is 0 Å². The molecule has 0 bridgehead atoms. The molecule has 0 aliphatic heterocycles. The van der Waals surface area contributed by atoms with Crippen molar-refractivity contribution in [1.29, 1.82) is 0 Å². The number of amides is 1. The number of carbonyl (C=O) groups excluding carboxylic acids is 1. The van der Waals surface area contributed by atoms with E-state index in [0.29, 0.717) is 31.5 Å². The summed E-state index contributed by atoms with van der Waals surface area (Å²) in [5.41, 5.74) is -1.38.